The third kappa shape index (κ3) is 6.11. The number of rotatable bonds is 9. The fourth-order valence-corrected chi connectivity index (χ4v) is 5.98. The van der Waals surface area contributed by atoms with Crippen LogP contribution in [0.5, 0.6) is 0 Å². The van der Waals surface area contributed by atoms with Crippen LogP contribution in [0.15, 0.2) is 53.4 Å². The van der Waals surface area contributed by atoms with Crippen molar-refractivity contribution in [3.63, 3.8) is 0 Å². The van der Waals surface area contributed by atoms with Gasteiger partial charge in [-0.3, -0.25) is 9.59 Å². The summed E-state index contributed by atoms with van der Waals surface area (Å²) < 4.78 is 26.9. The predicted octanol–water partition coefficient (Wildman–Crippen LogP) is 3.89. The Kier molecular flexibility index (Phi) is 8.72. The first kappa shape index (κ1) is 26.9. The lowest BCUT2D eigenvalue weighted by Gasteiger charge is -2.37. The van der Waals surface area contributed by atoms with Gasteiger partial charge in [-0.2, -0.15) is 4.31 Å². The standard InChI is InChI=1S/C27H37N3O4S/c1-6-29(7-2)35(33,34)24-14-12-21(13-15-24)20(5)28-27(32)25-17-22-10-8-9-11-23(22)18-30(25)26(31)16-19(3)4/h8-15,19-20,25H,6-7,16-18H2,1-5H3,(H,28,32). The van der Waals surface area contributed by atoms with Crippen molar-refractivity contribution < 1.29 is 18.0 Å². The van der Waals surface area contributed by atoms with Crippen LogP contribution in [-0.2, 0) is 32.6 Å². The lowest BCUT2D eigenvalue weighted by Crippen LogP contribution is -2.53. The first-order chi connectivity index (χ1) is 16.6. The summed E-state index contributed by atoms with van der Waals surface area (Å²) in [6.07, 6.45) is 0.865. The first-order valence-corrected chi connectivity index (χ1v) is 13.8. The van der Waals surface area contributed by atoms with Gasteiger partial charge in [0.25, 0.3) is 0 Å². The minimum Gasteiger partial charge on any atom is -0.348 e. The Morgan fingerprint density at radius 1 is 1.00 bits per heavy atom. The van der Waals surface area contributed by atoms with E-state index in [1.807, 2.05) is 58.9 Å². The van der Waals surface area contributed by atoms with Crippen molar-refractivity contribution in [2.75, 3.05) is 13.1 Å². The summed E-state index contributed by atoms with van der Waals surface area (Å²) in [7, 11) is -3.54. The van der Waals surface area contributed by atoms with E-state index in [9.17, 15) is 18.0 Å². The van der Waals surface area contributed by atoms with Crippen LogP contribution < -0.4 is 5.32 Å². The Morgan fingerprint density at radius 3 is 2.17 bits per heavy atom. The molecule has 7 nitrogen and oxygen atoms in total. The minimum atomic E-state index is -3.54. The quantitative estimate of drug-likeness (QED) is 0.567. The van der Waals surface area contributed by atoms with Gasteiger partial charge in [-0.15, -0.1) is 0 Å². The summed E-state index contributed by atoms with van der Waals surface area (Å²) in [5.41, 5.74) is 2.96. The van der Waals surface area contributed by atoms with Gasteiger partial charge in [0.2, 0.25) is 21.8 Å². The van der Waals surface area contributed by atoms with E-state index in [1.165, 1.54) is 4.31 Å². The van der Waals surface area contributed by atoms with Crippen LogP contribution in [0.25, 0.3) is 0 Å². The van der Waals surface area contributed by atoms with E-state index in [-0.39, 0.29) is 28.7 Å². The molecule has 3 rings (SSSR count). The number of carbonyl (C=O) groups excluding carboxylic acids is 2. The monoisotopic (exact) mass is 499 g/mol. The number of nitrogens with one attached hydrogen (secondary N) is 1. The Hall–Kier alpha value is -2.71. The maximum atomic E-state index is 13.4. The fourth-order valence-electron chi connectivity index (χ4n) is 4.52. The molecule has 1 N–H and O–H groups in total. The van der Waals surface area contributed by atoms with E-state index in [0.29, 0.717) is 32.5 Å². The van der Waals surface area contributed by atoms with Gasteiger partial charge in [0.05, 0.1) is 10.9 Å². The molecule has 0 saturated carbocycles. The summed E-state index contributed by atoms with van der Waals surface area (Å²) in [5.74, 6) is -0.0225. The topological polar surface area (TPSA) is 86.8 Å². The molecule has 0 bridgehead atoms. The molecule has 0 aromatic heterocycles. The molecule has 1 aliphatic rings. The number of nitrogens with zero attached hydrogens (tertiary/aromatic N) is 2. The zero-order valence-corrected chi connectivity index (χ0v) is 22.1. The van der Waals surface area contributed by atoms with E-state index in [2.05, 4.69) is 5.32 Å². The van der Waals surface area contributed by atoms with Crippen molar-refractivity contribution in [2.24, 2.45) is 5.92 Å². The second-order valence-electron chi connectivity index (χ2n) is 9.50. The zero-order chi connectivity index (χ0) is 25.8. The molecule has 0 saturated heterocycles. The molecule has 2 atom stereocenters. The number of fused-ring (bicyclic) bond motifs is 1. The highest BCUT2D eigenvalue weighted by Gasteiger charge is 2.35. The number of amides is 2. The summed E-state index contributed by atoms with van der Waals surface area (Å²) >= 11 is 0. The average Bonchev–Trinajstić information content (AvgIpc) is 2.83. The van der Waals surface area contributed by atoms with Crippen LogP contribution in [0.4, 0.5) is 0 Å². The second-order valence-corrected chi connectivity index (χ2v) is 11.4. The van der Waals surface area contributed by atoms with E-state index >= 15 is 0 Å². The molecule has 2 amide bonds. The fraction of sp³-hybridized carbons (Fsp3) is 0.481. The minimum absolute atomic E-state index is 0.0201. The van der Waals surface area contributed by atoms with Crippen LogP contribution in [0.2, 0.25) is 0 Å². The normalized spacial score (nSPS) is 16.8. The molecular formula is C27H37N3O4S. The predicted molar refractivity (Wildman–Crippen MR) is 137 cm³/mol. The highest BCUT2D eigenvalue weighted by atomic mass is 32.2. The van der Waals surface area contributed by atoms with Gasteiger partial charge in [-0.05, 0) is 41.7 Å². The molecule has 2 aromatic carbocycles. The Morgan fingerprint density at radius 2 is 1.60 bits per heavy atom. The largest absolute Gasteiger partial charge is 0.348 e. The lowest BCUT2D eigenvalue weighted by molar-refractivity contribution is -0.142. The molecular weight excluding hydrogens is 462 g/mol. The number of hydrogen-bond donors (Lipinski definition) is 1. The van der Waals surface area contributed by atoms with Crippen LogP contribution in [-0.4, -0.2) is 48.6 Å². The van der Waals surface area contributed by atoms with E-state index in [1.54, 1.807) is 29.2 Å². The molecule has 2 unspecified atom stereocenters. The maximum absolute atomic E-state index is 13.4. The number of carbonyl (C=O) groups is 2. The molecule has 1 aliphatic heterocycles. The summed E-state index contributed by atoms with van der Waals surface area (Å²) in [4.78, 5) is 28.3. The van der Waals surface area contributed by atoms with Crippen LogP contribution in [0, 0.1) is 5.92 Å². The van der Waals surface area contributed by atoms with Crippen LogP contribution >= 0.6 is 0 Å². The average molecular weight is 500 g/mol. The number of sulfonamides is 1. The molecule has 0 spiro atoms. The highest BCUT2D eigenvalue weighted by Crippen LogP contribution is 2.26. The van der Waals surface area contributed by atoms with Crippen molar-refractivity contribution >= 4 is 21.8 Å². The molecule has 0 radical (unpaired) electrons. The van der Waals surface area contributed by atoms with Crippen molar-refractivity contribution in [1.29, 1.82) is 0 Å². The van der Waals surface area contributed by atoms with E-state index < -0.39 is 16.1 Å². The van der Waals surface area contributed by atoms with Gasteiger partial charge in [0.1, 0.15) is 6.04 Å². The Balaban J connectivity index is 1.77. The molecule has 0 fully saturated rings. The third-order valence-electron chi connectivity index (χ3n) is 6.54. The highest BCUT2D eigenvalue weighted by molar-refractivity contribution is 7.89. The third-order valence-corrected chi connectivity index (χ3v) is 8.60. The lowest BCUT2D eigenvalue weighted by atomic mass is 9.92. The maximum Gasteiger partial charge on any atom is 0.243 e. The van der Waals surface area contributed by atoms with Crippen LogP contribution in [0.1, 0.15) is 63.8 Å². The summed E-state index contributed by atoms with van der Waals surface area (Å²) in [5, 5.41) is 3.05. The Labute approximate surface area is 209 Å². The summed E-state index contributed by atoms with van der Waals surface area (Å²) in [6.45, 7) is 10.7. The van der Waals surface area contributed by atoms with Crippen molar-refractivity contribution in [1.82, 2.24) is 14.5 Å². The van der Waals surface area contributed by atoms with Gasteiger partial charge in [-0.1, -0.05) is 64.1 Å². The second kappa shape index (κ2) is 11.4. The van der Waals surface area contributed by atoms with Crippen molar-refractivity contribution in [3.05, 3.63) is 65.2 Å². The molecule has 2 aromatic rings. The van der Waals surface area contributed by atoms with Crippen molar-refractivity contribution in [3.8, 4) is 0 Å². The van der Waals surface area contributed by atoms with Gasteiger partial charge >= 0.3 is 0 Å². The summed E-state index contributed by atoms with van der Waals surface area (Å²) in [6, 6.07) is 13.6. The molecule has 1 heterocycles. The van der Waals surface area contributed by atoms with E-state index in [0.717, 1.165) is 16.7 Å². The zero-order valence-electron chi connectivity index (χ0n) is 21.3. The molecule has 0 aliphatic carbocycles. The Bertz CT molecular complexity index is 1140. The van der Waals surface area contributed by atoms with Gasteiger partial charge < -0.3 is 10.2 Å². The number of benzene rings is 2. The van der Waals surface area contributed by atoms with Gasteiger partial charge in [-0.25, -0.2) is 8.42 Å². The SMILES string of the molecule is CCN(CC)S(=O)(=O)c1ccc(C(C)NC(=O)C2Cc3ccccc3CN2C(=O)CC(C)C)cc1. The molecule has 35 heavy (non-hydrogen) atoms. The van der Waals surface area contributed by atoms with Crippen molar-refractivity contribution in [2.45, 2.75) is 71.0 Å². The van der Waals surface area contributed by atoms with E-state index in [4.69, 9.17) is 0 Å². The smallest absolute Gasteiger partial charge is 0.243 e. The molecule has 190 valence electrons. The number of hydrogen-bond acceptors (Lipinski definition) is 4. The first-order valence-electron chi connectivity index (χ1n) is 12.3. The van der Waals surface area contributed by atoms with Crippen LogP contribution in [0.3, 0.4) is 0 Å². The van der Waals surface area contributed by atoms with Gasteiger partial charge in [0.15, 0.2) is 0 Å². The molecule has 8 heteroatoms. The van der Waals surface area contributed by atoms with Gasteiger partial charge in [0, 0.05) is 32.5 Å².